The normalized spacial score (nSPS) is 11.4. The van der Waals surface area contributed by atoms with Crippen molar-refractivity contribution in [3.8, 4) is 11.8 Å². The van der Waals surface area contributed by atoms with Crippen molar-refractivity contribution in [1.82, 2.24) is 0 Å². The summed E-state index contributed by atoms with van der Waals surface area (Å²) in [5.41, 5.74) is 5.47. The Hall–Kier alpha value is -1.70. The fraction of sp³-hybridized carbons (Fsp3) is 0.167. The van der Waals surface area contributed by atoms with Crippen molar-refractivity contribution in [1.29, 1.82) is 5.26 Å². The van der Waals surface area contributed by atoms with E-state index in [9.17, 15) is 4.79 Å². The maximum Gasteiger partial charge on any atom is 0.212 e. The highest BCUT2D eigenvalue weighted by Crippen LogP contribution is 2.26. The fourth-order valence-corrected chi connectivity index (χ4v) is 1.45. The van der Waals surface area contributed by atoms with E-state index in [1.807, 2.05) is 0 Å². The van der Waals surface area contributed by atoms with Crippen LogP contribution in [0.5, 0.6) is 5.75 Å². The van der Waals surface area contributed by atoms with E-state index in [1.54, 1.807) is 18.2 Å². The van der Waals surface area contributed by atoms with Gasteiger partial charge in [-0.2, -0.15) is 5.26 Å². The Bertz CT molecular complexity index is 543. The second-order valence-electron chi connectivity index (χ2n) is 3.46. The molecule has 0 aliphatic heterocycles. The average Bonchev–Trinajstić information content (AvgIpc) is 2.31. The van der Waals surface area contributed by atoms with Gasteiger partial charge in [-0.3, -0.25) is 4.79 Å². The van der Waals surface area contributed by atoms with Crippen LogP contribution in [0.25, 0.3) is 0 Å². The van der Waals surface area contributed by atoms with Gasteiger partial charge in [-0.05, 0) is 19.1 Å². The van der Waals surface area contributed by atoms with Gasteiger partial charge in [0.15, 0.2) is 6.61 Å². The zero-order valence-electron chi connectivity index (χ0n) is 9.54. The summed E-state index contributed by atoms with van der Waals surface area (Å²) in [6.07, 6.45) is 0. The van der Waals surface area contributed by atoms with E-state index in [2.05, 4.69) is 0 Å². The topological polar surface area (TPSA) is 76.1 Å². The molecule has 0 fully saturated rings. The second kappa shape index (κ2) is 6.29. The monoisotopic (exact) mass is 284 g/mol. The van der Waals surface area contributed by atoms with Gasteiger partial charge in [-0.15, -0.1) is 0 Å². The van der Waals surface area contributed by atoms with Crippen LogP contribution in [0.2, 0.25) is 10.0 Å². The van der Waals surface area contributed by atoms with Gasteiger partial charge in [0.05, 0.1) is 10.0 Å². The second-order valence-corrected chi connectivity index (χ2v) is 4.27. The molecule has 18 heavy (non-hydrogen) atoms. The molecule has 2 N–H and O–H groups in total. The third kappa shape index (κ3) is 3.66. The maximum absolute atomic E-state index is 11.6. The van der Waals surface area contributed by atoms with Crippen LogP contribution in [0.15, 0.2) is 29.5 Å². The molecular weight excluding hydrogens is 275 g/mol. The number of carbonyl (C=O) groups excluding carboxylic acids is 1. The largest absolute Gasteiger partial charge is 0.485 e. The molecule has 0 amide bonds. The maximum atomic E-state index is 11.6. The van der Waals surface area contributed by atoms with E-state index in [4.69, 9.17) is 38.9 Å². The lowest BCUT2D eigenvalue weighted by Crippen LogP contribution is -2.16. The summed E-state index contributed by atoms with van der Waals surface area (Å²) in [7, 11) is 0. The third-order valence-electron chi connectivity index (χ3n) is 2.05. The number of Topliss-reactive ketones (excluding diaryl/α,β-unsaturated/α-hetero) is 1. The van der Waals surface area contributed by atoms with Gasteiger partial charge in [-0.25, -0.2) is 0 Å². The van der Waals surface area contributed by atoms with Crippen molar-refractivity contribution in [2.45, 2.75) is 6.92 Å². The SMILES string of the molecule is C/C(N)=C(/C#N)C(=O)COc1ccc(Cl)c(Cl)c1. The molecule has 1 aromatic rings. The van der Waals surface area contributed by atoms with E-state index in [0.29, 0.717) is 15.8 Å². The molecule has 4 nitrogen and oxygen atoms in total. The van der Waals surface area contributed by atoms with Crippen LogP contribution in [0.4, 0.5) is 0 Å². The van der Waals surface area contributed by atoms with Crippen molar-refractivity contribution in [2.75, 3.05) is 6.61 Å². The molecule has 0 spiro atoms. The lowest BCUT2D eigenvalue weighted by molar-refractivity contribution is -0.117. The molecule has 0 heterocycles. The Kier molecular flexibility index (Phi) is 5.02. The quantitative estimate of drug-likeness (QED) is 0.681. The van der Waals surface area contributed by atoms with Gasteiger partial charge in [0.1, 0.15) is 17.4 Å². The minimum atomic E-state index is -0.483. The highest BCUT2D eigenvalue weighted by molar-refractivity contribution is 6.42. The predicted octanol–water partition coefficient (Wildman–Crippen LogP) is 2.70. The van der Waals surface area contributed by atoms with Crippen LogP contribution in [0.1, 0.15) is 6.92 Å². The Balaban J connectivity index is 2.72. The van der Waals surface area contributed by atoms with Crippen molar-refractivity contribution >= 4 is 29.0 Å². The lowest BCUT2D eigenvalue weighted by atomic mass is 10.1. The van der Waals surface area contributed by atoms with Gasteiger partial charge >= 0.3 is 0 Å². The molecule has 0 aromatic heterocycles. The Morgan fingerprint density at radius 2 is 2.11 bits per heavy atom. The highest BCUT2D eigenvalue weighted by atomic mass is 35.5. The summed E-state index contributed by atoms with van der Waals surface area (Å²) < 4.78 is 5.20. The minimum Gasteiger partial charge on any atom is -0.485 e. The smallest absolute Gasteiger partial charge is 0.212 e. The Morgan fingerprint density at radius 3 is 2.61 bits per heavy atom. The average molecular weight is 285 g/mol. The minimum absolute atomic E-state index is 0.102. The van der Waals surface area contributed by atoms with Crippen molar-refractivity contribution in [2.24, 2.45) is 5.73 Å². The van der Waals surface area contributed by atoms with Crippen molar-refractivity contribution in [3.63, 3.8) is 0 Å². The molecule has 0 aliphatic carbocycles. The highest BCUT2D eigenvalue weighted by Gasteiger charge is 2.12. The van der Waals surface area contributed by atoms with Crippen molar-refractivity contribution < 1.29 is 9.53 Å². The number of halogens is 2. The third-order valence-corrected chi connectivity index (χ3v) is 2.79. The molecule has 1 aromatic carbocycles. The van der Waals surface area contributed by atoms with Crippen LogP contribution >= 0.6 is 23.2 Å². The van der Waals surface area contributed by atoms with Crippen LogP contribution in [-0.4, -0.2) is 12.4 Å². The molecule has 0 bridgehead atoms. The van der Waals surface area contributed by atoms with Crippen LogP contribution in [-0.2, 0) is 4.79 Å². The molecule has 0 saturated carbocycles. The number of nitriles is 1. The number of ether oxygens (including phenoxy) is 1. The number of hydrogen-bond acceptors (Lipinski definition) is 4. The zero-order valence-corrected chi connectivity index (χ0v) is 11.0. The van der Waals surface area contributed by atoms with Gasteiger partial charge < -0.3 is 10.5 Å². The van der Waals surface area contributed by atoms with E-state index >= 15 is 0 Å². The molecule has 0 radical (unpaired) electrons. The number of hydrogen-bond donors (Lipinski definition) is 1. The van der Waals surface area contributed by atoms with E-state index in [0.717, 1.165) is 0 Å². The number of ketones is 1. The molecule has 0 unspecified atom stereocenters. The standard InChI is InChI=1S/C12H10Cl2N2O2/c1-7(16)9(5-15)12(17)6-18-8-2-3-10(13)11(14)4-8/h2-4H,6,16H2,1H3/b9-7+. The Morgan fingerprint density at radius 1 is 1.44 bits per heavy atom. The van der Waals surface area contributed by atoms with Crippen molar-refractivity contribution in [3.05, 3.63) is 39.5 Å². The number of benzene rings is 1. The van der Waals surface area contributed by atoms with Gasteiger partial charge in [0.25, 0.3) is 0 Å². The zero-order chi connectivity index (χ0) is 13.7. The first-order valence-corrected chi connectivity index (χ1v) is 5.68. The van der Waals surface area contributed by atoms with E-state index < -0.39 is 5.78 Å². The summed E-state index contributed by atoms with van der Waals surface area (Å²) in [5, 5.41) is 9.46. The first-order valence-electron chi connectivity index (χ1n) is 4.93. The number of carbonyl (C=O) groups is 1. The number of rotatable bonds is 4. The lowest BCUT2D eigenvalue weighted by Gasteiger charge is -2.06. The summed E-state index contributed by atoms with van der Waals surface area (Å²) in [4.78, 5) is 11.6. The predicted molar refractivity (Wildman–Crippen MR) is 69.5 cm³/mol. The summed E-state index contributed by atoms with van der Waals surface area (Å²) in [6.45, 7) is 1.20. The van der Waals surface area contributed by atoms with Crippen LogP contribution < -0.4 is 10.5 Å². The first-order chi connectivity index (χ1) is 8.45. The summed E-state index contributed by atoms with van der Waals surface area (Å²) >= 11 is 11.5. The molecule has 6 heteroatoms. The molecule has 0 saturated heterocycles. The molecule has 1 rings (SSSR count). The number of allylic oxidation sites excluding steroid dienone is 1. The van der Waals surface area contributed by atoms with Gasteiger partial charge in [0.2, 0.25) is 5.78 Å². The fourth-order valence-electron chi connectivity index (χ4n) is 1.16. The number of nitrogens with zero attached hydrogens (tertiary/aromatic N) is 1. The molecule has 0 aliphatic rings. The molecule has 0 atom stereocenters. The van der Waals surface area contributed by atoms with Gasteiger partial charge in [-0.1, -0.05) is 23.2 Å². The van der Waals surface area contributed by atoms with Crippen LogP contribution in [0, 0.1) is 11.3 Å². The number of nitrogens with two attached hydrogens (primary N) is 1. The molecular formula is C12H10Cl2N2O2. The van der Waals surface area contributed by atoms with E-state index in [1.165, 1.54) is 13.0 Å². The van der Waals surface area contributed by atoms with E-state index in [-0.39, 0.29) is 17.9 Å². The Labute approximate surface area is 115 Å². The van der Waals surface area contributed by atoms with Crippen LogP contribution in [0.3, 0.4) is 0 Å². The summed E-state index contributed by atoms with van der Waals surface area (Å²) in [6, 6.07) is 6.35. The first kappa shape index (κ1) is 14.4. The van der Waals surface area contributed by atoms with Gasteiger partial charge in [0, 0.05) is 11.8 Å². The summed E-state index contributed by atoms with van der Waals surface area (Å²) in [5.74, 6) is -0.0895. The molecule has 94 valence electrons.